The molecule has 1 fully saturated rings. The molecule has 1 unspecified atom stereocenters. The average Bonchev–Trinajstić information content (AvgIpc) is 3.07. The van der Waals surface area contributed by atoms with E-state index < -0.39 is 36.1 Å². The lowest BCUT2D eigenvalue weighted by atomic mass is 10.0. The van der Waals surface area contributed by atoms with Gasteiger partial charge in [0.1, 0.15) is 18.4 Å². The van der Waals surface area contributed by atoms with Crippen LogP contribution in [-0.2, 0) is 20.4 Å². The van der Waals surface area contributed by atoms with Crippen molar-refractivity contribution in [1.82, 2.24) is 5.32 Å². The predicted molar refractivity (Wildman–Crippen MR) is 88.0 cm³/mol. The van der Waals surface area contributed by atoms with Crippen LogP contribution in [0.2, 0.25) is 0 Å². The van der Waals surface area contributed by atoms with Crippen molar-refractivity contribution in [2.75, 3.05) is 6.61 Å². The van der Waals surface area contributed by atoms with Crippen LogP contribution in [0.3, 0.4) is 0 Å². The molecular weight excluding hydrogens is 347 g/mol. The van der Waals surface area contributed by atoms with Gasteiger partial charge in [0.25, 0.3) is 0 Å². The number of carbonyl (C=O) groups excluding carboxylic acids is 1. The summed E-state index contributed by atoms with van der Waals surface area (Å²) in [6.45, 7) is 1.93. The van der Waals surface area contributed by atoms with Crippen LogP contribution in [0.15, 0.2) is 54.6 Å². The summed E-state index contributed by atoms with van der Waals surface area (Å²) in [7, 11) is 0. The zero-order chi connectivity index (χ0) is 18.7. The van der Waals surface area contributed by atoms with Crippen LogP contribution < -0.4 is 5.32 Å². The lowest BCUT2D eigenvalue weighted by Crippen LogP contribution is -2.37. The van der Waals surface area contributed by atoms with Crippen molar-refractivity contribution in [3.05, 3.63) is 71.3 Å². The van der Waals surface area contributed by atoms with Gasteiger partial charge >= 0.3 is 12.1 Å². The molecule has 3 rings (SSSR count). The van der Waals surface area contributed by atoms with Crippen molar-refractivity contribution in [2.45, 2.75) is 31.5 Å². The maximum atomic E-state index is 12.7. The van der Waals surface area contributed by atoms with Crippen LogP contribution in [0.4, 0.5) is 13.2 Å². The highest BCUT2D eigenvalue weighted by Crippen LogP contribution is 2.36. The summed E-state index contributed by atoms with van der Waals surface area (Å²) in [4.78, 5) is 12.3. The summed E-state index contributed by atoms with van der Waals surface area (Å²) in [5.41, 5.74) is 0.555. The number of hydrogen-bond donors (Lipinski definition) is 1. The second kappa shape index (κ2) is 7.47. The first-order valence-corrected chi connectivity index (χ1v) is 8.20. The lowest BCUT2D eigenvalue weighted by molar-refractivity contribution is -0.146. The number of hydrogen-bond acceptors (Lipinski definition) is 4. The van der Waals surface area contributed by atoms with Crippen molar-refractivity contribution in [3.8, 4) is 0 Å². The Labute approximate surface area is 148 Å². The molecule has 0 spiro atoms. The quantitative estimate of drug-likeness (QED) is 0.832. The molecular formula is C19H18F3NO3. The third-order valence-corrected chi connectivity index (χ3v) is 4.13. The minimum absolute atomic E-state index is 0.226. The van der Waals surface area contributed by atoms with Crippen molar-refractivity contribution in [1.29, 1.82) is 0 Å². The van der Waals surface area contributed by atoms with Gasteiger partial charge in [-0.2, -0.15) is 13.2 Å². The molecule has 1 aliphatic rings. The molecule has 7 heteroatoms. The highest BCUT2D eigenvalue weighted by atomic mass is 19.4. The molecule has 26 heavy (non-hydrogen) atoms. The molecule has 1 saturated heterocycles. The van der Waals surface area contributed by atoms with Gasteiger partial charge in [-0.1, -0.05) is 42.5 Å². The summed E-state index contributed by atoms with van der Waals surface area (Å²) in [6, 6.07) is 13.1. The highest BCUT2D eigenvalue weighted by molar-refractivity contribution is 5.77. The number of ether oxygens (including phenoxy) is 2. The Hall–Kier alpha value is -2.38. The van der Waals surface area contributed by atoms with Gasteiger partial charge in [-0.15, -0.1) is 0 Å². The summed E-state index contributed by atoms with van der Waals surface area (Å²) in [5, 5.41) is 3.02. The van der Waals surface area contributed by atoms with Crippen LogP contribution in [0.25, 0.3) is 0 Å². The number of halogens is 3. The molecule has 0 radical (unpaired) electrons. The van der Waals surface area contributed by atoms with Gasteiger partial charge in [-0.25, -0.2) is 0 Å². The Balaban J connectivity index is 1.85. The van der Waals surface area contributed by atoms with Gasteiger partial charge in [0, 0.05) is 0 Å². The van der Waals surface area contributed by atoms with Crippen molar-refractivity contribution in [2.24, 2.45) is 0 Å². The van der Waals surface area contributed by atoms with Gasteiger partial charge in [0.05, 0.1) is 12.2 Å². The Bertz CT molecular complexity index is 747. The standard InChI is InChI=1S/C19H18F3NO3/c1-2-25-18(24)15-16(12-6-4-3-5-7-12)26-17(23-15)13-8-10-14(11-9-13)19(20,21)22/h3-11,15-17,23H,2H2,1H3/t15-,16+,17?/m0/s1. The van der Waals surface area contributed by atoms with E-state index >= 15 is 0 Å². The van der Waals surface area contributed by atoms with E-state index in [1.165, 1.54) is 12.1 Å². The summed E-state index contributed by atoms with van der Waals surface area (Å²) >= 11 is 0. The summed E-state index contributed by atoms with van der Waals surface area (Å²) in [6.07, 6.45) is -5.71. The van der Waals surface area contributed by atoms with Crippen LogP contribution >= 0.6 is 0 Å². The first-order chi connectivity index (χ1) is 12.4. The molecule has 3 atom stereocenters. The van der Waals surface area contributed by atoms with Gasteiger partial charge in [0.15, 0.2) is 0 Å². The van der Waals surface area contributed by atoms with Crippen LogP contribution in [0.1, 0.15) is 35.9 Å². The van der Waals surface area contributed by atoms with Gasteiger partial charge in [0.2, 0.25) is 0 Å². The Morgan fingerprint density at radius 2 is 1.73 bits per heavy atom. The predicted octanol–water partition coefficient (Wildman–Crippen LogP) is 4.00. The molecule has 2 aromatic carbocycles. The Kier molecular flexibility index (Phi) is 5.29. The fraction of sp³-hybridized carbons (Fsp3) is 0.316. The van der Waals surface area contributed by atoms with E-state index in [1.807, 2.05) is 30.3 Å². The average molecular weight is 365 g/mol. The SMILES string of the molecule is CCOC(=O)[C@H]1NC(c2ccc(C(F)(F)F)cc2)O[C@@H]1c1ccccc1. The van der Waals surface area contributed by atoms with Gasteiger partial charge < -0.3 is 9.47 Å². The van der Waals surface area contributed by atoms with Crippen molar-refractivity contribution >= 4 is 5.97 Å². The van der Waals surface area contributed by atoms with E-state index in [9.17, 15) is 18.0 Å². The summed E-state index contributed by atoms with van der Waals surface area (Å²) in [5.74, 6) is -0.462. The molecule has 1 aliphatic heterocycles. The number of esters is 1. The lowest BCUT2D eigenvalue weighted by Gasteiger charge is -2.16. The molecule has 0 aliphatic carbocycles. The minimum atomic E-state index is -4.40. The van der Waals surface area contributed by atoms with Crippen LogP contribution in [-0.4, -0.2) is 18.6 Å². The van der Waals surface area contributed by atoms with E-state index in [0.29, 0.717) is 5.56 Å². The number of rotatable bonds is 4. The third kappa shape index (κ3) is 3.89. The molecule has 4 nitrogen and oxygen atoms in total. The first-order valence-electron chi connectivity index (χ1n) is 8.20. The molecule has 0 saturated carbocycles. The fourth-order valence-electron chi connectivity index (χ4n) is 2.87. The summed E-state index contributed by atoms with van der Waals surface area (Å²) < 4.78 is 49.2. The normalized spacial score (nSPS) is 23.0. The Morgan fingerprint density at radius 3 is 2.31 bits per heavy atom. The van der Waals surface area contributed by atoms with Crippen molar-refractivity contribution < 1.29 is 27.4 Å². The smallest absolute Gasteiger partial charge is 0.416 e. The molecule has 138 valence electrons. The number of carbonyl (C=O) groups is 1. The van der Waals surface area contributed by atoms with E-state index in [-0.39, 0.29) is 6.61 Å². The highest BCUT2D eigenvalue weighted by Gasteiger charge is 2.42. The Morgan fingerprint density at radius 1 is 1.08 bits per heavy atom. The second-order valence-electron chi connectivity index (χ2n) is 5.86. The molecule has 0 amide bonds. The van der Waals surface area contributed by atoms with E-state index in [2.05, 4.69) is 5.32 Å². The topological polar surface area (TPSA) is 47.6 Å². The van der Waals surface area contributed by atoms with Crippen LogP contribution in [0, 0.1) is 0 Å². The maximum absolute atomic E-state index is 12.7. The van der Waals surface area contributed by atoms with E-state index in [4.69, 9.17) is 9.47 Å². The first kappa shape index (κ1) is 18.4. The minimum Gasteiger partial charge on any atom is -0.465 e. The van der Waals surface area contributed by atoms with Crippen molar-refractivity contribution in [3.63, 3.8) is 0 Å². The zero-order valence-electron chi connectivity index (χ0n) is 14.0. The van der Waals surface area contributed by atoms with Gasteiger partial charge in [-0.05, 0) is 30.2 Å². The third-order valence-electron chi connectivity index (χ3n) is 4.13. The second-order valence-corrected chi connectivity index (χ2v) is 5.86. The van der Waals surface area contributed by atoms with Crippen LogP contribution in [0.5, 0.6) is 0 Å². The number of benzene rings is 2. The molecule has 1 N–H and O–H groups in total. The van der Waals surface area contributed by atoms with Gasteiger partial charge in [-0.3, -0.25) is 10.1 Å². The van der Waals surface area contributed by atoms with E-state index in [0.717, 1.165) is 17.7 Å². The monoisotopic (exact) mass is 365 g/mol. The zero-order valence-corrected chi connectivity index (χ0v) is 14.0. The maximum Gasteiger partial charge on any atom is 0.416 e. The van der Waals surface area contributed by atoms with E-state index in [1.54, 1.807) is 6.92 Å². The fourth-order valence-corrected chi connectivity index (χ4v) is 2.87. The number of nitrogens with one attached hydrogen (secondary N) is 1. The number of alkyl halides is 3. The largest absolute Gasteiger partial charge is 0.465 e. The molecule has 0 aromatic heterocycles. The molecule has 1 heterocycles. The molecule has 2 aromatic rings. The molecule has 0 bridgehead atoms.